The molecule has 0 radical (unpaired) electrons. The zero-order valence-electron chi connectivity index (χ0n) is 17.7. The second-order valence-corrected chi connectivity index (χ2v) is 12.7. The lowest BCUT2D eigenvalue weighted by Crippen LogP contribution is -2.45. The van der Waals surface area contributed by atoms with Crippen LogP contribution in [-0.4, -0.2) is 40.0 Å². The van der Waals surface area contributed by atoms with Gasteiger partial charge in [0.25, 0.3) is 5.91 Å². The Morgan fingerprint density at radius 3 is 2.18 bits per heavy atom. The van der Waals surface area contributed by atoms with E-state index in [9.17, 15) is 34.8 Å². The zero-order chi connectivity index (χ0) is 25.5. The number of alkyl halides is 4. The van der Waals surface area contributed by atoms with Crippen molar-refractivity contribution in [1.29, 1.82) is 0 Å². The Bertz CT molecular complexity index is 1320. The molecule has 0 aliphatic heterocycles. The molecule has 0 atom stereocenters. The Morgan fingerprint density at radius 2 is 1.65 bits per heavy atom. The van der Waals surface area contributed by atoms with Crippen LogP contribution in [0, 0.1) is 0 Å². The number of rotatable bonds is 5. The SMILES string of the molecule is CS(=O)(=O)c1ccc(C(=O)NC2CCC(F)(S(=O)(=O)c3cccc(C(F)(F)F)c3)CC2)c(Cl)c1. The summed E-state index contributed by atoms with van der Waals surface area (Å²) < 4.78 is 103. The highest BCUT2D eigenvalue weighted by Gasteiger charge is 2.48. The summed E-state index contributed by atoms with van der Waals surface area (Å²) in [7, 11) is -8.26. The summed E-state index contributed by atoms with van der Waals surface area (Å²) in [5.74, 6) is -0.651. The van der Waals surface area contributed by atoms with Crippen LogP contribution in [0.1, 0.15) is 41.6 Å². The first-order valence-electron chi connectivity index (χ1n) is 9.96. The third-order valence-corrected chi connectivity index (χ3v) is 9.30. The quantitative estimate of drug-likeness (QED) is 0.559. The lowest BCUT2D eigenvalue weighted by Gasteiger charge is -2.34. The minimum absolute atomic E-state index is 0.0114. The maximum absolute atomic E-state index is 15.5. The molecule has 0 heterocycles. The number of sulfone groups is 2. The van der Waals surface area contributed by atoms with E-state index in [1.54, 1.807) is 0 Å². The molecule has 0 spiro atoms. The van der Waals surface area contributed by atoms with Gasteiger partial charge in [0.05, 0.1) is 25.9 Å². The second-order valence-electron chi connectivity index (χ2n) is 8.07. The summed E-state index contributed by atoms with van der Waals surface area (Å²) in [6.07, 6.45) is -5.03. The molecule has 0 aromatic heterocycles. The van der Waals surface area contributed by atoms with Gasteiger partial charge in [0.1, 0.15) is 0 Å². The van der Waals surface area contributed by atoms with Gasteiger partial charge in [0, 0.05) is 12.3 Å². The molecule has 13 heteroatoms. The Hall–Kier alpha value is -2.18. The Kier molecular flexibility index (Phi) is 7.09. The smallest absolute Gasteiger partial charge is 0.349 e. The maximum atomic E-state index is 15.5. The molecule has 1 amide bonds. The average Bonchev–Trinajstić information content (AvgIpc) is 2.74. The molecular weight excluding hydrogens is 522 g/mol. The van der Waals surface area contributed by atoms with Crippen LogP contribution in [0.2, 0.25) is 5.02 Å². The van der Waals surface area contributed by atoms with Crippen LogP contribution < -0.4 is 5.32 Å². The van der Waals surface area contributed by atoms with Crippen molar-refractivity contribution in [3.8, 4) is 0 Å². The van der Waals surface area contributed by atoms with Crippen molar-refractivity contribution < 1.29 is 39.2 Å². The van der Waals surface area contributed by atoms with E-state index >= 15 is 4.39 Å². The van der Waals surface area contributed by atoms with Gasteiger partial charge in [0.15, 0.2) is 9.84 Å². The molecule has 1 aliphatic carbocycles. The van der Waals surface area contributed by atoms with E-state index in [0.717, 1.165) is 24.5 Å². The zero-order valence-corrected chi connectivity index (χ0v) is 20.1. The van der Waals surface area contributed by atoms with E-state index < -0.39 is 66.1 Å². The molecule has 1 aliphatic rings. The number of amides is 1. The summed E-state index contributed by atoms with van der Waals surface area (Å²) in [5, 5.41) is -0.284. The molecule has 34 heavy (non-hydrogen) atoms. The van der Waals surface area contributed by atoms with Gasteiger partial charge in [-0.1, -0.05) is 17.7 Å². The van der Waals surface area contributed by atoms with Crippen molar-refractivity contribution in [2.75, 3.05) is 6.26 Å². The highest BCUT2D eigenvalue weighted by Crippen LogP contribution is 2.41. The van der Waals surface area contributed by atoms with E-state index in [1.807, 2.05) is 0 Å². The highest BCUT2D eigenvalue weighted by atomic mass is 35.5. The largest absolute Gasteiger partial charge is 0.416 e. The predicted molar refractivity (Wildman–Crippen MR) is 117 cm³/mol. The third-order valence-electron chi connectivity index (χ3n) is 5.63. The van der Waals surface area contributed by atoms with E-state index in [1.165, 1.54) is 12.1 Å². The molecule has 1 fully saturated rings. The molecule has 1 saturated carbocycles. The van der Waals surface area contributed by atoms with Crippen LogP contribution in [0.5, 0.6) is 0 Å². The monoisotopic (exact) mass is 541 g/mol. The lowest BCUT2D eigenvalue weighted by molar-refractivity contribution is -0.137. The molecule has 186 valence electrons. The first-order valence-corrected chi connectivity index (χ1v) is 13.7. The topological polar surface area (TPSA) is 97.4 Å². The molecular formula is C21H20ClF4NO5S2. The molecule has 0 saturated heterocycles. The van der Waals surface area contributed by atoms with Gasteiger partial charge in [-0.3, -0.25) is 4.79 Å². The van der Waals surface area contributed by atoms with Gasteiger partial charge < -0.3 is 5.32 Å². The number of carbonyl (C=O) groups excluding carboxylic acids is 1. The summed E-state index contributed by atoms with van der Waals surface area (Å²) in [4.78, 5) is 11.7. The maximum Gasteiger partial charge on any atom is 0.416 e. The summed E-state index contributed by atoms with van der Waals surface area (Å²) in [6, 6.07) is 5.89. The Labute approximate surface area is 199 Å². The summed E-state index contributed by atoms with van der Waals surface area (Å²) in [6.45, 7) is 0. The molecule has 3 rings (SSSR count). The molecule has 2 aromatic carbocycles. The van der Waals surface area contributed by atoms with Crippen molar-refractivity contribution in [2.24, 2.45) is 0 Å². The number of halogens is 5. The van der Waals surface area contributed by atoms with E-state index in [4.69, 9.17) is 11.6 Å². The van der Waals surface area contributed by atoms with Gasteiger partial charge in [-0.2, -0.15) is 13.2 Å². The van der Waals surface area contributed by atoms with Crippen molar-refractivity contribution in [1.82, 2.24) is 5.32 Å². The van der Waals surface area contributed by atoms with Crippen LogP contribution in [0.25, 0.3) is 0 Å². The van der Waals surface area contributed by atoms with Crippen LogP contribution in [-0.2, 0) is 25.9 Å². The number of hydrogen-bond donors (Lipinski definition) is 1. The summed E-state index contributed by atoms with van der Waals surface area (Å²) >= 11 is 6.02. The van der Waals surface area contributed by atoms with Gasteiger partial charge in [0.2, 0.25) is 14.8 Å². The van der Waals surface area contributed by atoms with Crippen LogP contribution in [0.15, 0.2) is 52.3 Å². The molecule has 6 nitrogen and oxygen atoms in total. The lowest BCUT2D eigenvalue weighted by atomic mass is 9.93. The third kappa shape index (κ3) is 5.38. The van der Waals surface area contributed by atoms with Crippen molar-refractivity contribution >= 4 is 37.2 Å². The average molecular weight is 542 g/mol. The van der Waals surface area contributed by atoms with Crippen LogP contribution in [0.3, 0.4) is 0 Å². The highest BCUT2D eigenvalue weighted by molar-refractivity contribution is 7.92. The van der Waals surface area contributed by atoms with Gasteiger partial charge in [-0.25, -0.2) is 21.2 Å². The van der Waals surface area contributed by atoms with Gasteiger partial charge in [-0.15, -0.1) is 0 Å². The second kappa shape index (κ2) is 9.12. The van der Waals surface area contributed by atoms with E-state index in [-0.39, 0.29) is 28.3 Å². The van der Waals surface area contributed by atoms with Crippen molar-refractivity contribution in [3.05, 3.63) is 58.6 Å². The van der Waals surface area contributed by atoms with E-state index in [2.05, 4.69) is 5.32 Å². The predicted octanol–water partition coefficient (Wildman–Crippen LogP) is 4.57. The fraction of sp³-hybridized carbons (Fsp3) is 0.381. The molecule has 0 bridgehead atoms. The summed E-state index contributed by atoms with van der Waals surface area (Å²) in [5.41, 5.74) is -1.21. The number of hydrogen-bond acceptors (Lipinski definition) is 5. The Balaban J connectivity index is 1.72. The normalized spacial score (nSPS) is 21.8. The minimum atomic E-state index is -4.78. The molecule has 2 aromatic rings. The Morgan fingerprint density at radius 1 is 1.03 bits per heavy atom. The van der Waals surface area contributed by atoms with Crippen LogP contribution >= 0.6 is 11.6 Å². The first-order chi connectivity index (χ1) is 15.5. The van der Waals surface area contributed by atoms with Crippen molar-refractivity contribution in [3.63, 3.8) is 0 Å². The number of benzene rings is 2. The van der Waals surface area contributed by atoms with Gasteiger partial charge in [-0.05, 0) is 62.1 Å². The van der Waals surface area contributed by atoms with Crippen LogP contribution in [0.4, 0.5) is 17.6 Å². The van der Waals surface area contributed by atoms with Gasteiger partial charge >= 0.3 is 6.18 Å². The van der Waals surface area contributed by atoms with E-state index in [0.29, 0.717) is 12.1 Å². The standard InChI is InChI=1S/C21H20ClF4NO5S2/c1-33(29,30)15-5-6-17(18(22)12-15)19(28)27-14-7-9-20(23,10-8-14)34(31,32)16-4-2-3-13(11-16)21(24,25)26/h2-6,11-12,14H,7-10H2,1H3,(H,27,28). The van der Waals surface area contributed by atoms with Crippen molar-refractivity contribution in [2.45, 2.75) is 52.7 Å². The first kappa shape index (κ1) is 26.4. The number of nitrogens with one attached hydrogen (secondary N) is 1. The molecule has 1 N–H and O–H groups in total. The fourth-order valence-electron chi connectivity index (χ4n) is 3.69. The fourth-order valence-corrected chi connectivity index (χ4v) is 6.40. The minimum Gasteiger partial charge on any atom is -0.349 e. The molecule has 0 unspecified atom stereocenters. The number of carbonyl (C=O) groups is 1.